The third-order valence-corrected chi connectivity index (χ3v) is 6.73. The fourth-order valence-electron chi connectivity index (χ4n) is 3.80. The second kappa shape index (κ2) is 11.9. The molecular weight excluding hydrogens is 462 g/mol. The van der Waals surface area contributed by atoms with Gasteiger partial charge in [-0.25, -0.2) is 4.98 Å². The molecule has 0 bridgehead atoms. The summed E-state index contributed by atoms with van der Waals surface area (Å²) in [5, 5.41) is 4.63. The molecule has 0 atom stereocenters. The highest BCUT2D eigenvalue weighted by molar-refractivity contribution is 7.99. The second-order valence-corrected chi connectivity index (χ2v) is 9.44. The number of halogens is 1. The zero-order valence-corrected chi connectivity index (χ0v) is 20.8. The monoisotopic (exact) mass is 489 g/mol. The molecule has 0 unspecified atom stereocenters. The van der Waals surface area contributed by atoms with Crippen LogP contribution in [0.5, 0.6) is 0 Å². The lowest BCUT2D eigenvalue weighted by Gasteiger charge is -2.12. The van der Waals surface area contributed by atoms with Crippen LogP contribution in [0.4, 0.5) is 0 Å². The maximum atomic E-state index is 12.3. The summed E-state index contributed by atoms with van der Waals surface area (Å²) in [7, 11) is 0. The zero-order valence-electron chi connectivity index (χ0n) is 19.2. The van der Waals surface area contributed by atoms with Crippen LogP contribution >= 0.6 is 23.4 Å². The Morgan fingerprint density at radius 3 is 2.24 bits per heavy atom. The van der Waals surface area contributed by atoms with Gasteiger partial charge < -0.3 is 9.88 Å². The predicted molar refractivity (Wildman–Crippen MR) is 143 cm³/mol. The molecule has 0 saturated heterocycles. The molecule has 0 saturated carbocycles. The van der Waals surface area contributed by atoms with Crippen LogP contribution < -0.4 is 5.32 Å². The van der Waals surface area contributed by atoms with Crippen LogP contribution in [-0.4, -0.2) is 27.8 Å². The van der Waals surface area contributed by atoms with Crippen LogP contribution in [-0.2, 0) is 6.54 Å². The Morgan fingerprint density at radius 2 is 1.59 bits per heavy atom. The topological polar surface area (TPSA) is 46.9 Å². The largest absolute Gasteiger partial charge is 0.352 e. The minimum atomic E-state index is -0.0770. The first-order chi connectivity index (χ1) is 16.7. The first kappa shape index (κ1) is 24.1. The molecule has 0 radical (unpaired) electrons. The molecule has 34 heavy (non-hydrogen) atoms. The molecule has 6 heteroatoms. The lowest BCUT2D eigenvalue weighted by molar-refractivity contribution is 0.0954. The molecule has 0 spiro atoms. The van der Waals surface area contributed by atoms with Crippen LogP contribution in [0.15, 0.2) is 90.1 Å². The van der Waals surface area contributed by atoms with E-state index >= 15 is 0 Å². The minimum Gasteiger partial charge on any atom is -0.352 e. The van der Waals surface area contributed by atoms with Crippen molar-refractivity contribution >= 4 is 29.3 Å². The molecule has 1 amide bonds. The van der Waals surface area contributed by atoms with Gasteiger partial charge in [0.15, 0.2) is 5.16 Å². The molecule has 1 heterocycles. The highest BCUT2D eigenvalue weighted by Crippen LogP contribution is 2.36. The van der Waals surface area contributed by atoms with Crippen LogP contribution in [0.3, 0.4) is 0 Å². The van der Waals surface area contributed by atoms with Crippen molar-refractivity contribution in [2.24, 2.45) is 0 Å². The van der Waals surface area contributed by atoms with E-state index in [4.69, 9.17) is 16.6 Å². The average Bonchev–Trinajstić information content (AvgIpc) is 3.23. The Balaban J connectivity index is 1.48. The number of aromatic nitrogens is 2. The molecule has 4 nitrogen and oxygen atoms in total. The molecule has 4 rings (SSSR count). The lowest BCUT2D eigenvalue weighted by Crippen LogP contribution is -2.24. The number of nitrogens with zero attached hydrogens (tertiary/aromatic N) is 2. The van der Waals surface area contributed by atoms with E-state index in [1.807, 2.05) is 12.1 Å². The van der Waals surface area contributed by atoms with Gasteiger partial charge in [-0.05, 0) is 37.1 Å². The summed E-state index contributed by atoms with van der Waals surface area (Å²) in [5.41, 5.74) is 5.08. The van der Waals surface area contributed by atoms with E-state index in [0.717, 1.165) is 47.2 Å². The van der Waals surface area contributed by atoms with Crippen LogP contribution in [0.2, 0.25) is 5.02 Å². The minimum absolute atomic E-state index is 0.0770. The molecule has 1 aromatic heterocycles. The normalized spacial score (nSPS) is 10.9. The van der Waals surface area contributed by atoms with Crippen LogP contribution in [0.25, 0.3) is 22.5 Å². The maximum absolute atomic E-state index is 12.3. The fraction of sp³-hybridized carbons (Fsp3) is 0.214. The Kier molecular flexibility index (Phi) is 8.45. The van der Waals surface area contributed by atoms with Crippen molar-refractivity contribution in [3.8, 4) is 22.5 Å². The van der Waals surface area contributed by atoms with E-state index in [0.29, 0.717) is 17.1 Å². The number of hydrogen-bond acceptors (Lipinski definition) is 3. The van der Waals surface area contributed by atoms with Crippen molar-refractivity contribution in [3.63, 3.8) is 0 Å². The number of amides is 1. The molecule has 0 aliphatic rings. The Labute approximate surface area is 210 Å². The van der Waals surface area contributed by atoms with E-state index in [-0.39, 0.29) is 5.91 Å². The second-order valence-electron chi connectivity index (χ2n) is 7.94. The number of carbonyl (C=O) groups is 1. The smallest absolute Gasteiger partial charge is 0.251 e. The van der Waals surface area contributed by atoms with E-state index in [1.54, 1.807) is 36.0 Å². The first-order valence-electron chi connectivity index (χ1n) is 11.5. The van der Waals surface area contributed by atoms with E-state index < -0.39 is 0 Å². The van der Waals surface area contributed by atoms with Gasteiger partial charge in [-0.1, -0.05) is 91.0 Å². The summed E-state index contributed by atoms with van der Waals surface area (Å²) in [4.78, 5) is 17.4. The average molecular weight is 490 g/mol. The number of carbonyl (C=O) groups excluding carboxylic acids is 1. The quantitative estimate of drug-likeness (QED) is 0.189. The van der Waals surface area contributed by atoms with Gasteiger partial charge in [-0.15, -0.1) is 0 Å². The van der Waals surface area contributed by atoms with Gasteiger partial charge in [-0.2, -0.15) is 0 Å². The van der Waals surface area contributed by atoms with Crippen molar-refractivity contribution in [1.29, 1.82) is 0 Å². The SMILES string of the molecule is CCCn1c(SCCCNC(=O)c2ccc(Cl)cc2)nc(-c2ccccc2)c1-c1ccccc1. The molecule has 0 aliphatic heterocycles. The molecule has 3 aromatic carbocycles. The fourth-order valence-corrected chi connectivity index (χ4v) is 4.89. The van der Waals surface area contributed by atoms with Crippen molar-refractivity contribution in [2.45, 2.75) is 31.5 Å². The molecule has 4 aromatic rings. The summed E-state index contributed by atoms with van der Waals surface area (Å²) < 4.78 is 2.34. The molecule has 0 fully saturated rings. The summed E-state index contributed by atoms with van der Waals surface area (Å²) in [6.45, 7) is 3.71. The zero-order chi connectivity index (χ0) is 23.8. The number of imidazole rings is 1. The van der Waals surface area contributed by atoms with Crippen molar-refractivity contribution in [2.75, 3.05) is 12.3 Å². The molecule has 0 aliphatic carbocycles. The first-order valence-corrected chi connectivity index (χ1v) is 12.9. The standard InChI is InChI=1S/C28H28ClN3OS/c1-2-19-32-26(22-12-7-4-8-13-22)25(21-10-5-3-6-11-21)31-28(32)34-20-9-18-30-27(33)23-14-16-24(29)17-15-23/h3-8,10-17H,2,9,18-20H2,1H3,(H,30,33). The maximum Gasteiger partial charge on any atom is 0.251 e. The Bertz CT molecular complexity index is 1210. The summed E-state index contributed by atoms with van der Waals surface area (Å²) in [6, 6.07) is 27.8. The highest BCUT2D eigenvalue weighted by atomic mass is 35.5. The van der Waals surface area contributed by atoms with Crippen LogP contribution in [0, 0.1) is 0 Å². The van der Waals surface area contributed by atoms with Gasteiger partial charge >= 0.3 is 0 Å². The van der Waals surface area contributed by atoms with E-state index in [1.165, 1.54) is 5.56 Å². The number of hydrogen-bond donors (Lipinski definition) is 1. The lowest BCUT2D eigenvalue weighted by atomic mass is 10.0. The summed E-state index contributed by atoms with van der Waals surface area (Å²) >= 11 is 7.65. The van der Waals surface area contributed by atoms with Gasteiger partial charge in [0.2, 0.25) is 0 Å². The number of thioether (sulfide) groups is 1. The van der Waals surface area contributed by atoms with Gasteiger partial charge in [0, 0.05) is 40.6 Å². The van der Waals surface area contributed by atoms with Crippen molar-refractivity contribution in [3.05, 3.63) is 95.5 Å². The molecule has 174 valence electrons. The van der Waals surface area contributed by atoms with Gasteiger partial charge in [0.25, 0.3) is 5.91 Å². The highest BCUT2D eigenvalue weighted by Gasteiger charge is 2.19. The summed E-state index contributed by atoms with van der Waals surface area (Å²) in [6.07, 6.45) is 1.87. The predicted octanol–water partition coefficient (Wildman–Crippen LogP) is 7.19. The van der Waals surface area contributed by atoms with Gasteiger partial charge in [0.05, 0.1) is 11.4 Å². The third-order valence-electron chi connectivity index (χ3n) is 5.42. The molecular formula is C28H28ClN3OS. The van der Waals surface area contributed by atoms with Crippen molar-refractivity contribution < 1.29 is 4.79 Å². The third kappa shape index (κ3) is 5.91. The van der Waals surface area contributed by atoms with Crippen molar-refractivity contribution in [1.82, 2.24) is 14.9 Å². The Morgan fingerprint density at radius 1 is 0.941 bits per heavy atom. The Hall–Kier alpha value is -3.02. The number of benzene rings is 3. The number of nitrogens with one attached hydrogen (secondary N) is 1. The van der Waals surface area contributed by atoms with Crippen LogP contribution in [0.1, 0.15) is 30.1 Å². The number of rotatable bonds is 10. The van der Waals surface area contributed by atoms with Gasteiger partial charge in [0.1, 0.15) is 0 Å². The summed E-state index contributed by atoms with van der Waals surface area (Å²) in [5.74, 6) is 0.788. The molecule has 1 N–H and O–H groups in total. The van der Waals surface area contributed by atoms with E-state index in [9.17, 15) is 4.79 Å². The van der Waals surface area contributed by atoms with Gasteiger partial charge in [-0.3, -0.25) is 4.79 Å². The van der Waals surface area contributed by atoms with E-state index in [2.05, 4.69) is 65.3 Å².